The fourth-order valence-electron chi connectivity index (χ4n) is 2.81. The highest BCUT2D eigenvalue weighted by Gasteiger charge is 2.21. The van der Waals surface area contributed by atoms with Crippen LogP contribution in [0.4, 0.5) is 11.4 Å². The lowest BCUT2D eigenvalue weighted by molar-refractivity contribution is 0.417. The van der Waals surface area contributed by atoms with Crippen molar-refractivity contribution in [2.75, 3.05) is 29.8 Å². The molecule has 0 unspecified atom stereocenters. The Morgan fingerprint density at radius 3 is 2.50 bits per heavy atom. The van der Waals surface area contributed by atoms with Gasteiger partial charge in [0, 0.05) is 18.8 Å². The molecule has 0 amide bonds. The van der Waals surface area contributed by atoms with E-state index in [9.17, 15) is 8.42 Å². The Balaban J connectivity index is 1.96. The van der Waals surface area contributed by atoms with Crippen LogP contribution in [0.5, 0.6) is 5.75 Å². The molecule has 3 rings (SSSR count). The van der Waals surface area contributed by atoms with Gasteiger partial charge in [-0.15, -0.1) is 0 Å². The van der Waals surface area contributed by atoms with E-state index in [0.29, 0.717) is 11.4 Å². The molecule has 0 saturated carbocycles. The topological polar surface area (TPSA) is 58.6 Å². The molecule has 1 aliphatic heterocycles. The molecule has 0 aliphatic carbocycles. The normalized spacial score (nSPS) is 14.7. The number of ether oxygens (including phenoxy) is 1. The minimum Gasteiger partial charge on any atom is -0.495 e. The fourth-order valence-corrected chi connectivity index (χ4v) is 4.39. The van der Waals surface area contributed by atoms with E-state index in [1.54, 1.807) is 30.3 Å². The smallest absolute Gasteiger partial charge is 0.263 e. The van der Waals surface area contributed by atoms with Gasteiger partial charge in [-0.25, -0.2) is 8.42 Å². The van der Waals surface area contributed by atoms with Crippen molar-refractivity contribution in [3.8, 4) is 5.75 Å². The Morgan fingerprint density at radius 2 is 1.83 bits per heavy atom. The van der Waals surface area contributed by atoms with E-state index in [-0.39, 0.29) is 9.92 Å². The highest BCUT2D eigenvalue weighted by molar-refractivity contribution is 7.92. The average Bonchev–Trinajstić information content (AvgIpc) is 3.09. The van der Waals surface area contributed by atoms with Gasteiger partial charge < -0.3 is 9.64 Å². The lowest BCUT2D eigenvalue weighted by Crippen LogP contribution is -2.19. The van der Waals surface area contributed by atoms with Crippen LogP contribution in [-0.2, 0) is 10.0 Å². The van der Waals surface area contributed by atoms with Gasteiger partial charge in [0.2, 0.25) is 0 Å². The Labute approximate surface area is 147 Å². The maximum absolute atomic E-state index is 12.7. The third kappa shape index (κ3) is 3.44. The molecule has 1 aliphatic rings. The summed E-state index contributed by atoms with van der Waals surface area (Å²) in [6, 6.07) is 11.9. The van der Waals surface area contributed by atoms with E-state index in [1.807, 2.05) is 6.07 Å². The first-order valence-electron chi connectivity index (χ1n) is 7.71. The highest BCUT2D eigenvalue weighted by atomic mass is 35.5. The van der Waals surface area contributed by atoms with Crippen LogP contribution in [0.15, 0.2) is 47.4 Å². The lowest BCUT2D eigenvalue weighted by atomic mass is 10.2. The second-order valence-electron chi connectivity index (χ2n) is 5.61. The zero-order valence-corrected chi connectivity index (χ0v) is 14.9. The number of methoxy groups -OCH3 is 1. The molecule has 128 valence electrons. The predicted octanol–water partition coefficient (Wildman–Crippen LogP) is 3.75. The maximum Gasteiger partial charge on any atom is 0.263 e. The van der Waals surface area contributed by atoms with Gasteiger partial charge in [0.15, 0.2) is 0 Å². The zero-order valence-electron chi connectivity index (χ0n) is 13.3. The van der Waals surface area contributed by atoms with Crippen LogP contribution in [0.2, 0.25) is 5.02 Å². The first-order valence-corrected chi connectivity index (χ1v) is 9.58. The molecule has 5 nitrogen and oxygen atoms in total. The summed E-state index contributed by atoms with van der Waals surface area (Å²) in [6.45, 7) is 1.95. The maximum atomic E-state index is 12.7. The summed E-state index contributed by atoms with van der Waals surface area (Å²) >= 11 is 6.02. The number of sulfonamides is 1. The molecule has 7 heteroatoms. The Morgan fingerprint density at radius 1 is 1.12 bits per heavy atom. The van der Waals surface area contributed by atoms with Gasteiger partial charge in [0.25, 0.3) is 10.0 Å². The molecule has 2 aromatic rings. The number of hydrogen-bond donors (Lipinski definition) is 1. The first kappa shape index (κ1) is 16.9. The molecule has 0 bridgehead atoms. The molecule has 24 heavy (non-hydrogen) atoms. The summed E-state index contributed by atoms with van der Waals surface area (Å²) in [5.41, 5.74) is 1.38. The highest BCUT2D eigenvalue weighted by Crippen LogP contribution is 2.33. The van der Waals surface area contributed by atoms with Crippen molar-refractivity contribution < 1.29 is 13.2 Å². The summed E-state index contributed by atoms with van der Waals surface area (Å²) in [5, 5.41) is 0.180. The molecule has 2 aromatic carbocycles. The number of nitrogens with zero attached hydrogens (tertiary/aromatic N) is 1. The van der Waals surface area contributed by atoms with Crippen LogP contribution >= 0.6 is 11.6 Å². The van der Waals surface area contributed by atoms with E-state index < -0.39 is 10.0 Å². The zero-order chi connectivity index (χ0) is 17.2. The lowest BCUT2D eigenvalue weighted by Gasteiger charge is -2.20. The van der Waals surface area contributed by atoms with Crippen molar-refractivity contribution >= 4 is 33.0 Å². The summed E-state index contributed by atoms with van der Waals surface area (Å²) < 4.78 is 33.2. The standard InChI is InChI=1S/C17H19ClN2O3S/c1-23-16-9-8-13(20-10-4-5-11-20)12-15(16)19-24(21,22)17-7-3-2-6-14(17)18/h2-3,6-9,12,19H,4-5,10-11H2,1H3. The monoisotopic (exact) mass is 366 g/mol. The minimum atomic E-state index is -3.80. The van der Waals surface area contributed by atoms with Crippen molar-refractivity contribution in [1.82, 2.24) is 0 Å². The number of rotatable bonds is 5. The number of anilines is 2. The third-order valence-electron chi connectivity index (χ3n) is 4.02. The van der Waals surface area contributed by atoms with Crippen molar-refractivity contribution in [2.24, 2.45) is 0 Å². The van der Waals surface area contributed by atoms with Gasteiger partial charge >= 0.3 is 0 Å². The number of nitrogens with one attached hydrogen (secondary N) is 1. The Kier molecular flexibility index (Phi) is 4.87. The van der Waals surface area contributed by atoms with Gasteiger partial charge in [-0.05, 0) is 43.2 Å². The molecular formula is C17H19ClN2O3S. The number of hydrogen-bond acceptors (Lipinski definition) is 4. The molecule has 1 fully saturated rings. The second-order valence-corrected chi connectivity index (χ2v) is 7.67. The van der Waals surface area contributed by atoms with Gasteiger partial charge in [0.1, 0.15) is 10.6 Å². The van der Waals surface area contributed by atoms with Crippen LogP contribution in [-0.4, -0.2) is 28.6 Å². The summed E-state index contributed by atoms with van der Waals surface area (Å²) in [5.74, 6) is 0.466. The van der Waals surface area contributed by atoms with Crippen LogP contribution in [0.25, 0.3) is 0 Å². The summed E-state index contributed by atoms with van der Waals surface area (Å²) in [6.07, 6.45) is 2.29. The number of benzene rings is 2. The van der Waals surface area contributed by atoms with Gasteiger partial charge in [-0.2, -0.15) is 0 Å². The SMILES string of the molecule is COc1ccc(N2CCCC2)cc1NS(=O)(=O)c1ccccc1Cl. The predicted molar refractivity (Wildman–Crippen MR) is 96.7 cm³/mol. The summed E-state index contributed by atoms with van der Waals surface area (Å²) in [7, 11) is -2.29. The van der Waals surface area contributed by atoms with Crippen molar-refractivity contribution in [1.29, 1.82) is 0 Å². The van der Waals surface area contributed by atoms with Crippen molar-refractivity contribution in [3.63, 3.8) is 0 Å². The van der Waals surface area contributed by atoms with E-state index in [0.717, 1.165) is 31.6 Å². The molecule has 1 N–H and O–H groups in total. The van der Waals surface area contributed by atoms with E-state index >= 15 is 0 Å². The van der Waals surface area contributed by atoms with Gasteiger partial charge in [-0.1, -0.05) is 23.7 Å². The Bertz CT molecular complexity index is 833. The van der Waals surface area contributed by atoms with E-state index in [4.69, 9.17) is 16.3 Å². The molecule has 0 aromatic heterocycles. The molecule has 1 heterocycles. The van der Waals surface area contributed by atoms with Crippen molar-refractivity contribution in [2.45, 2.75) is 17.7 Å². The van der Waals surface area contributed by atoms with Crippen LogP contribution < -0.4 is 14.4 Å². The van der Waals surface area contributed by atoms with Crippen LogP contribution in [0.3, 0.4) is 0 Å². The van der Waals surface area contributed by atoms with E-state index in [2.05, 4.69) is 9.62 Å². The largest absolute Gasteiger partial charge is 0.495 e. The molecular weight excluding hydrogens is 348 g/mol. The second kappa shape index (κ2) is 6.91. The van der Waals surface area contributed by atoms with E-state index in [1.165, 1.54) is 13.2 Å². The number of halogens is 1. The molecule has 0 radical (unpaired) electrons. The minimum absolute atomic E-state index is 0.0419. The van der Waals surface area contributed by atoms with Gasteiger partial charge in [-0.3, -0.25) is 4.72 Å². The van der Waals surface area contributed by atoms with Crippen molar-refractivity contribution in [3.05, 3.63) is 47.5 Å². The summed E-state index contributed by atoms with van der Waals surface area (Å²) in [4.78, 5) is 2.27. The van der Waals surface area contributed by atoms with Gasteiger partial charge in [0.05, 0.1) is 17.8 Å². The fraction of sp³-hybridized carbons (Fsp3) is 0.294. The molecule has 1 saturated heterocycles. The molecule has 0 atom stereocenters. The Hall–Kier alpha value is -1.92. The first-order chi connectivity index (χ1) is 11.5. The quantitative estimate of drug-likeness (QED) is 0.875. The van der Waals surface area contributed by atoms with Crippen LogP contribution in [0, 0.1) is 0 Å². The average molecular weight is 367 g/mol. The third-order valence-corrected chi connectivity index (χ3v) is 5.89. The van der Waals surface area contributed by atoms with Crippen LogP contribution in [0.1, 0.15) is 12.8 Å². The molecule has 0 spiro atoms.